The maximum Gasteiger partial charge on any atom is 0.223 e. The van der Waals surface area contributed by atoms with Gasteiger partial charge in [0.15, 0.2) is 0 Å². The molecule has 0 bridgehead atoms. The van der Waals surface area contributed by atoms with Crippen LogP contribution < -0.4 is 5.73 Å². The molecule has 3 unspecified atom stereocenters. The van der Waals surface area contributed by atoms with E-state index >= 15 is 0 Å². The molecule has 0 aromatic heterocycles. The predicted octanol–water partition coefficient (Wildman–Crippen LogP) is 1.34. The lowest BCUT2D eigenvalue weighted by atomic mass is 9.90. The zero-order chi connectivity index (χ0) is 10.8. The van der Waals surface area contributed by atoms with Crippen molar-refractivity contribution >= 4 is 17.5 Å². The molecule has 3 nitrogen and oxygen atoms in total. The molecule has 0 radical (unpaired) electrons. The maximum atomic E-state index is 11.8. The van der Waals surface area contributed by atoms with E-state index in [1.807, 2.05) is 4.90 Å². The van der Waals surface area contributed by atoms with E-state index in [0.29, 0.717) is 18.2 Å². The molecular weight excluding hydrogens is 212 g/mol. The summed E-state index contributed by atoms with van der Waals surface area (Å²) in [5.41, 5.74) is 6.08. The molecule has 0 spiro atoms. The molecule has 2 N–H and O–H groups in total. The summed E-state index contributed by atoms with van der Waals surface area (Å²) < 4.78 is 0. The van der Waals surface area contributed by atoms with Crippen LogP contribution in [0.5, 0.6) is 0 Å². The summed E-state index contributed by atoms with van der Waals surface area (Å²) in [6.07, 6.45) is 5.15. The van der Waals surface area contributed by atoms with Crippen molar-refractivity contribution < 1.29 is 4.79 Å². The van der Waals surface area contributed by atoms with Crippen molar-refractivity contribution in [1.29, 1.82) is 0 Å². The van der Waals surface area contributed by atoms with Crippen LogP contribution in [0.4, 0.5) is 0 Å². The highest BCUT2D eigenvalue weighted by Crippen LogP contribution is 2.28. The van der Waals surface area contributed by atoms with E-state index in [0.717, 1.165) is 19.4 Å². The largest absolute Gasteiger partial charge is 0.338 e. The quantitative estimate of drug-likeness (QED) is 0.728. The Kier molecular flexibility index (Phi) is 3.52. The minimum atomic E-state index is 0.178. The molecule has 4 heteroatoms. The molecular formula is C11H19ClN2O. The monoisotopic (exact) mass is 230 g/mol. The number of carbonyl (C=O) groups is 1. The summed E-state index contributed by atoms with van der Waals surface area (Å²) in [5, 5.41) is 0. The highest BCUT2D eigenvalue weighted by molar-refractivity contribution is 6.18. The van der Waals surface area contributed by atoms with Gasteiger partial charge in [-0.05, 0) is 18.8 Å². The number of nitrogens with two attached hydrogens (primary N) is 1. The number of likely N-dealkylation sites (tertiary alicyclic amines) is 1. The van der Waals surface area contributed by atoms with E-state index < -0.39 is 0 Å². The number of carbonyl (C=O) groups excluding carboxylic acids is 1. The summed E-state index contributed by atoms with van der Waals surface area (Å²) in [6, 6.07) is 0.455. The molecule has 1 aliphatic heterocycles. The Morgan fingerprint density at radius 1 is 1.40 bits per heavy atom. The van der Waals surface area contributed by atoms with Crippen LogP contribution in [0.25, 0.3) is 0 Å². The van der Waals surface area contributed by atoms with Gasteiger partial charge in [0.05, 0.1) is 0 Å². The van der Waals surface area contributed by atoms with Gasteiger partial charge in [-0.25, -0.2) is 0 Å². The fourth-order valence-electron chi connectivity index (χ4n) is 2.76. The van der Waals surface area contributed by atoms with E-state index in [1.165, 1.54) is 12.8 Å². The average molecular weight is 231 g/mol. The number of nitrogens with zero attached hydrogens (tertiary/aromatic N) is 1. The molecule has 2 fully saturated rings. The number of rotatable bonds is 2. The smallest absolute Gasteiger partial charge is 0.223 e. The van der Waals surface area contributed by atoms with Crippen molar-refractivity contribution in [1.82, 2.24) is 4.90 Å². The molecule has 15 heavy (non-hydrogen) atoms. The molecule has 2 aliphatic rings. The van der Waals surface area contributed by atoms with Crippen LogP contribution in [0.3, 0.4) is 0 Å². The SMILES string of the molecule is NC1CCCCC1N1CC(CCl)CC1=O. The van der Waals surface area contributed by atoms with Crippen LogP contribution in [0.2, 0.25) is 0 Å². The molecule has 1 amide bonds. The molecule has 1 saturated carbocycles. The van der Waals surface area contributed by atoms with E-state index in [4.69, 9.17) is 17.3 Å². The first-order valence-electron chi connectivity index (χ1n) is 5.83. The highest BCUT2D eigenvalue weighted by Gasteiger charge is 2.37. The Labute approximate surface area is 95.9 Å². The average Bonchev–Trinajstić information content (AvgIpc) is 2.60. The highest BCUT2D eigenvalue weighted by atomic mass is 35.5. The fourth-order valence-corrected chi connectivity index (χ4v) is 2.97. The van der Waals surface area contributed by atoms with E-state index in [9.17, 15) is 4.79 Å². The first-order chi connectivity index (χ1) is 7.22. The lowest BCUT2D eigenvalue weighted by molar-refractivity contribution is -0.130. The van der Waals surface area contributed by atoms with Gasteiger partial charge in [-0.15, -0.1) is 11.6 Å². The van der Waals surface area contributed by atoms with Crippen LogP contribution in [0.1, 0.15) is 32.1 Å². The Balaban J connectivity index is 2.00. The Morgan fingerprint density at radius 3 is 2.73 bits per heavy atom. The molecule has 86 valence electrons. The van der Waals surface area contributed by atoms with Crippen LogP contribution in [-0.2, 0) is 4.79 Å². The second-order valence-electron chi connectivity index (χ2n) is 4.79. The van der Waals surface area contributed by atoms with Gasteiger partial charge >= 0.3 is 0 Å². The van der Waals surface area contributed by atoms with Crippen LogP contribution >= 0.6 is 11.6 Å². The molecule has 1 aliphatic carbocycles. The summed E-state index contributed by atoms with van der Waals surface area (Å²) in [6.45, 7) is 0.820. The van der Waals surface area contributed by atoms with Crippen LogP contribution in [0, 0.1) is 5.92 Å². The fraction of sp³-hybridized carbons (Fsp3) is 0.909. The zero-order valence-electron chi connectivity index (χ0n) is 8.99. The molecule has 2 rings (SSSR count). The predicted molar refractivity (Wildman–Crippen MR) is 60.8 cm³/mol. The van der Waals surface area contributed by atoms with Gasteiger partial charge in [-0.1, -0.05) is 12.8 Å². The lowest BCUT2D eigenvalue weighted by Gasteiger charge is -2.36. The van der Waals surface area contributed by atoms with E-state index in [1.54, 1.807) is 0 Å². The van der Waals surface area contributed by atoms with Crippen molar-refractivity contribution in [2.45, 2.75) is 44.2 Å². The van der Waals surface area contributed by atoms with Crippen molar-refractivity contribution in [3.05, 3.63) is 0 Å². The van der Waals surface area contributed by atoms with Crippen molar-refractivity contribution in [2.75, 3.05) is 12.4 Å². The zero-order valence-corrected chi connectivity index (χ0v) is 9.75. The lowest BCUT2D eigenvalue weighted by Crippen LogP contribution is -2.50. The third-order valence-electron chi connectivity index (χ3n) is 3.64. The normalized spacial score (nSPS) is 37.3. The number of amides is 1. The standard InChI is InChI=1S/C11H19ClN2O/c12-6-8-5-11(15)14(7-8)10-4-2-1-3-9(10)13/h8-10H,1-7,13H2. The minimum Gasteiger partial charge on any atom is -0.338 e. The summed E-state index contributed by atoms with van der Waals surface area (Å²) in [5.74, 6) is 1.18. The number of halogens is 1. The first-order valence-corrected chi connectivity index (χ1v) is 6.37. The van der Waals surface area contributed by atoms with Gasteiger partial charge in [0.1, 0.15) is 0 Å². The Hall–Kier alpha value is -0.280. The topological polar surface area (TPSA) is 46.3 Å². The Morgan fingerprint density at radius 2 is 2.13 bits per heavy atom. The number of hydrogen-bond donors (Lipinski definition) is 1. The van der Waals surface area contributed by atoms with Crippen LogP contribution in [-0.4, -0.2) is 35.3 Å². The number of alkyl halides is 1. The van der Waals surface area contributed by atoms with Crippen molar-refractivity contribution in [2.24, 2.45) is 11.7 Å². The minimum absolute atomic E-state index is 0.178. The van der Waals surface area contributed by atoms with Gasteiger partial charge in [-0.2, -0.15) is 0 Å². The Bertz CT molecular complexity index is 247. The molecule has 1 saturated heterocycles. The maximum absolute atomic E-state index is 11.8. The van der Waals surface area contributed by atoms with Crippen molar-refractivity contribution in [3.8, 4) is 0 Å². The third-order valence-corrected chi connectivity index (χ3v) is 4.08. The first kappa shape index (κ1) is 11.2. The molecule has 3 atom stereocenters. The second kappa shape index (κ2) is 4.71. The molecule has 1 heterocycles. The van der Waals surface area contributed by atoms with Crippen LogP contribution in [0.15, 0.2) is 0 Å². The van der Waals surface area contributed by atoms with Gasteiger partial charge in [0.2, 0.25) is 5.91 Å². The van der Waals surface area contributed by atoms with Gasteiger partial charge in [-0.3, -0.25) is 4.79 Å². The summed E-state index contributed by atoms with van der Waals surface area (Å²) in [4.78, 5) is 13.8. The summed E-state index contributed by atoms with van der Waals surface area (Å²) >= 11 is 5.80. The van der Waals surface area contributed by atoms with Crippen molar-refractivity contribution in [3.63, 3.8) is 0 Å². The van der Waals surface area contributed by atoms with Gasteiger partial charge in [0.25, 0.3) is 0 Å². The van der Waals surface area contributed by atoms with Gasteiger partial charge in [0, 0.05) is 30.9 Å². The third kappa shape index (κ3) is 2.28. The van der Waals surface area contributed by atoms with E-state index in [-0.39, 0.29) is 18.0 Å². The molecule has 0 aromatic carbocycles. The van der Waals surface area contributed by atoms with Gasteiger partial charge < -0.3 is 10.6 Å². The second-order valence-corrected chi connectivity index (χ2v) is 5.09. The number of hydrogen-bond acceptors (Lipinski definition) is 2. The summed E-state index contributed by atoms with van der Waals surface area (Å²) in [7, 11) is 0. The van der Waals surface area contributed by atoms with E-state index in [2.05, 4.69) is 0 Å². The molecule has 0 aromatic rings.